The van der Waals surface area contributed by atoms with Crippen molar-refractivity contribution < 1.29 is 43.6 Å². The van der Waals surface area contributed by atoms with Crippen molar-refractivity contribution in [3.8, 4) is 0 Å². The van der Waals surface area contributed by atoms with Crippen LogP contribution in [0.25, 0.3) is 0 Å². The number of rotatable bonds is 11. The molecule has 37 heavy (non-hydrogen) atoms. The molecule has 13 heteroatoms. The third-order valence-electron chi connectivity index (χ3n) is 6.94. The summed E-state index contributed by atoms with van der Waals surface area (Å²) >= 11 is 0. The Kier molecular flexibility index (Phi) is 8.56. The minimum atomic E-state index is -1.05. The topological polar surface area (TPSA) is 167 Å². The number of carbonyl (C=O) groups is 3. The van der Waals surface area contributed by atoms with E-state index < -0.39 is 65.5 Å². The van der Waals surface area contributed by atoms with Gasteiger partial charge in [-0.2, -0.15) is 0 Å². The lowest BCUT2D eigenvalue weighted by Gasteiger charge is -2.28. The minimum absolute atomic E-state index is 0.00733. The van der Waals surface area contributed by atoms with Gasteiger partial charge in [0.15, 0.2) is 12.2 Å². The van der Waals surface area contributed by atoms with Crippen LogP contribution in [0.1, 0.15) is 31.7 Å². The third-order valence-corrected chi connectivity index (χ3v) is 6.94. The van der Waals surface area contributed by atoms with Crippen LogP contribution in [0.4, 0.5) is 0 Å². The van der Waals surface area contributed by atoms with Gasteiger partial charge >= 0.3 is 11.9 Å². The second kappa shape index (κ2) is 11.8. The molecule has 1 amide bonds. The summed E-state index contributed by atoms with van der Waals surface area (Å²) in [5, 5.41) is 22.3. The number of likely N-dealkylation sites (tertiary alicyclic amines) is 1. The van der Waals surface area contributed by atoms with E-state index in [0.717, 1.165) is 5.56 Å². The summed E-state index contributed by atoms with van der Waals surface area (Å²) in [5.41, 5.74) is 0.995. The number of benzene rings is 1. The molecule has 0 spiro atoms. The number of ether oxygens (including phenoxy) is 3. The van der Waals surface area contributed by atoms with E-state index in [0.29, 0.717) is 32.2 Å². The molecule has 3 heterocycles. The first-order valence-corrected chi connectivity index (χ1v) is 12.3. The fourth-order valence-electron chi connectivity index (χ4n) is 5.10. The van der Waals surface area contributed by atoms with Crippen molar-refractivity contribution in [3.05, 3.63) is 46.0 Å². The Morgan fingerprint density at radius 3 is 2.54 bits per heavy atom. The van der Waals surface area contributed by atoms with E-state index in [1.165, 1.54) is 4.90 Å². The molecule has 4 rings (SSSR count). The van der Waals surface area contributed by atoms with Crippen LogP contribution < -0.4 is 5.32 Å². The first-order valence-electron chi connectivity index (χ1n) is 12.3. The van der Waals surface area contributed by atoms with E-state index >= 15 is 0 Å². The molecule has 1 aromatic rings. The zero-order valence-corrected chi connectivity index (χ0v) is 20.4. The molecule has 0 bridgehead atoms. The Labute approximate surface area is 213 Å². The lowest BCUT2D eigenvalue weighted by Crippen LogP contribution is -2.53. The number of hydrogen-bond donors (Lipinski definition) is 2. The predicted octanol–water partition coefficient (Wildman–Crippen LogP) is 0.328. The Hall–Kier alpha value is -3.29. The highest BCUT2D eigenvalue weighted by atomic mass is 17.0. The van der Waals surface area contributed by atoms with Gasteiger partial charge in [-0.3, -0.25) is 14.9 Å². The van der Waals surface area contributed by atoms with E-state index in [4.69, 9.17) is 14.2 Å². The quantitative estimate of drug-likeness (QED) is 0.234. The molecule has 3 aliphatic heterocycles. The summed E-state index contributed by atoms with van der Waals surface area (Å²) in [5.74, 6) is -2.07. The smallest absolute Gasteiger partial charge is 0.326 e. The Bertz CT molecular complexity index is 992. The number of carboxylic acids is 1. The van der Waals surface area contributed by atoms with Crippen LogP contribution in [-0.4, -0.2) is 95.2 Å². The second-order valence-electron chi connectivity index (χ2n) is 9.43. The lowest BCUT2D eigenvalue weighted by molar-refractivity contribution is -0.769. The first-order chi connectivity index (χ1) is 17.7. The van der Waals surface area contributed by atoms with Crippen molar-refractivity contribution in [1.29, 1.82) is 0 Å². The molecule has 0 unspecified atom stereocenters. The number of aliphatic carboxylic acids is 1. The molecule has 3 aliphatic rings. The maximum absolute atomic E-state index is 13.3. The van der Waals surface area contributed by atoms with Crippen molar-refractivity contribution in [2.24, 2.45) is 0 Å². The minimum Gasteiger partial charge on any atom is -0.480 e. The monoisotopic (exact) mass is 521 g/mol. The normalized spacial score (nSPS) is 28.4. The molecule has 0 radical (unpaired) electrons. The SMILES string of the molecule is C[C@H](N[C@@H](CCc1ccccc1)C(=O)O[C@@H]1CO[C@@H]2[C@H]1OC[C@H]2O[N+](=O)[O-])C(=O)N1CCC[C@H]1C(=O)O. The zero-order valence-electron chi connectivity index (χ0n) is 20.4. The first kappa shape index (κ1) is 26.8. The van der Waals surface area contributed by atoms with Crippen molar-refractivity contribution in [2.75, 3.05) is 19.8 Å². The van der Waals surface area contributed by atoms with Gasteiger partial charge in [0.2, 0.25) is 5.91 Å². The summed E-state index contributed by atoms with van der Waals surface area (Å²) in [6, 6.07) is 6.92. The van der Waals surface area contributed by atoms with Crippen molar-refractivity contribution in [1.82, 2.24) is 10.2 Å². The number of fused-ring (bicyclic) bond motifs is 1. The number of hydrogen-bond acceptors (Lipinski definition) is 10. The van der Waals surface area contributed by atoms with Crippen molar-refractivity contribution >= 4 is 17.8 Å². The van der Waals surface area contributed by atoms with E-state index in [1.54, 1.807) is 6.92 Å². The molecule has 3 fully saturated rings. The molecule has 0 saturated carbocycles. The van der Waals surface area contributed by atoms with Crippen LogP contribution in [0.3, 0.4) is 0 Å². The fraction of sp³-hybridized carbons (Fsp3) is 0.625. The molecule has 0 aromatic heterocycles. The van der Waals surface area contributed by atoms with Crippen LogP contribution >= 0.6 is 0 Å². The van der Waals surface area contributed by atoms with Gasteiger partial charge in [-0.1, -0.05) is 30.3 Å². The maximum Gasteiger partial charge on any atom is 0.326 e. The Balaban J connectivity index is 1.41. The summed E-state index contributed by atoms with van der Waals surface area (Å²) in [6.07, 6.45) is -1.31. The largest absolute Gasteiger partial charge is 0.480 e. The van der Waals surface area contributed by atoms with Gasteiger partial charge in [-0.25, -0.2) is 4.79 Å². The highest BCUT2D eigenvalue weighted by Crippen LogP contribution is 2.31. The molecule has 2 N–H and O–H groups in total. The van der Waals surface area contributed by atoms with E-state index in [2.05, 4.69) is 10.2 Å². The molecule has 202 valence electrons. The van der Waals surface area contributed by atoms with Crippen LogP contribution in [0.15, 0.2) is 30.3 Å². The molecular weight excluding hydrogens is 490 g/mol. The molecule has 3 saturated heterocycles. The number of carboxylic acid groups (broad SMARTS) is 1. The fourth-order valence-corrected chi connectivity index (χ4v) is 5.10. The number of esters is 1. The second-order valence-corrected chi connectivity index (χ2v) is 9.43. The molecule has 13 nitrogen and oxygen atoms in total. The van der Waals surface area contributed by atoms with Gasteiger partial charge in [0, 0.05) is 6.54 Å². The number of nitrogens with one attached hydrogen (secondary N) is 1. The highest BCUT2D eigenvalue weighted by Gasteiger charge is 2.51. The number of amides is 1. The molecular formula is C24H31N3O10. The lowest BCUT2D eigenvalue weighted by atomic mass is 10.0. The zero-order chi connectivity index (χ0) is 26.5. The number of nitrogens with zero attached hydrogens (tertiary/aromatic N) is 2. The van der Waals surface area contributed by atoms with Crippen molar-refractivity contribution in [2.45, 2.75) is 75.1 Å². The van der Waals surface area contributed by atoms with Crippen LogP contribution in [0.5, 0.6) is 0 Å². The molecule has 1 aromatic carbocycles. The van der Waals surface area contributed by atoms with E-state index in [-0.39, 0.29) is 13.2 Å². The highest BCUT2D eigenvalue weighted by molar-refractivity contribution is 5.88. The number of aryl methyl sites for hydroxylation is 1. The van der Waals surface area contributed by atoms with Crippen LogP contribution in [0.2, 0.25) is 0 Å². The van der Waals surface area contributed by atoms with Gasteiger partial charge in [-0.15, -0.1) is 10.1 Å². The number of carbonyl (C=O) groups excluding carboxylic acids is 2. The van der Waals surface area contributed by atoms with Gasteiger partial charge in [-0.05, 0) is 38.2 Å². The van der Waals surface area contributed by atoms with Gasteiger partial charge in [0.25, 0.3) is 5.09 Å². The molecule has 0 aliphatic carbocycles. The van der Waals surface area contributed by atoms with Gasteiger partial charge in [0.05, 0.1) is 19.3 Å². The van der Waals surface area contributed by atoms with Gasteiger partial charge < -0.3 is 29.1 Å². The maximum atomic E-state index is 13.3. The average molecular weight is 522 g/mol. The summed E-state index contributed by atoms with van der Waals surface area (Å²) in [4.78, 5) is 54.5. The molecule has 7 atom stereocenters. The van der Waals surface area contributed by atoms with Crippen LogP contribution in [0, 0.1) is 10.1 Å². The Morgan fingerprint density at radius 2 is 1.86 bits per heavy atom. The van der Waals surface area contributed by atoms with Gasteiger partial charge in [0.1, 0.15) is 24.3 Å². The summed E-state index contributed by atoms with van der Waals surface area (Å²) < 4.78 is 16.8. The summed E-state index contributed by atoms with van der Waals surface area (Å²) in [7, 11) is 0. The predicted molar refractivity (Wildman–Crippen MR) is 125 cm³/mol. The Morgan fingerprint density at radius 1 is 1.19 bits per heavy atom. The van der Waals surface area contributed by atoms with Crippen LogP contribution in [-0.2, 0) is 39.9 Å². The summed E-state index contributed by atoms with van der Waals surface area (Å²) in [6.45, 7) is 1.86. The van der Waals surface area contributed by atoms with E-state index in [1.807, 2.05) is 30.3 Å². The average Bonchev–Trinajstić information content (AvgIpc) is 3.60. The third kappa shape index (κ3) is 6.35. The van der Waals surface area contributed by atoms with Crippen molar-refractivity contribution in [3.63, 3.8) is 0 Å². The van der Waals surface area contributed by atoms with E-state index in [9.17, 15) is 29.6 Å². The standard InChI is InChI=1S/C24H31N3O10/c1-14(22(28)26-11-5-8-17(26)23(29)30)25-16(10-9-15-6-3-2-4-7-15)24(31)36-18-12-34-21-19(37-27(32)33)13-35-20(18)21/h2-4,6-7,14,16-21,25H,5,8-13H2,1H3,(H,29,30)/t14-,16-,17-,18+,19+,20-,21-/m0/s1.